The van der Waals surface area contributed by atoms with E-state index in [1.54, 1.807) is 24.4 Å². The van der Waals surface area contributed by atoms with Gasteiger partial charge in [-0.1, -0.05) is 0 Å². The monoisotopic (exact) mass is 313 g/mol. The highest BCUT2D eigenvalue weighted by molar-refractivity contribution is 9.10. The second-order valence-corrected chi connectivity index (χ2v) is 5.18. The van der Waals surface area contributed by atoms with E-state index < -0.39 is 0 Å². The Morgan fingerprint density at radius 3 is 2.88 bits per heavy atom. The van der Waals surface area contributed by atoms with Gasteiger partial charge in [-0.2, -0.15) is 11.3 Å². The Morgan fingerprint density at radius 1 is 1.47 bits per heavy atom. The van der Waals surface area contributed by atoms with Crippen LogP contribution >= 0.6 is 27.3 Å². The van der Waals surface area contributed by atoms with E-state index in [1.165, 1.54) is 17.4 Å². The Bertz CT molecular complexity index is 554. The lowest BCUT2D eigenvalue weighted by Crippen LogP contribution is -2.11. The standard InChI is InChI=1S/C12H9BrFNOS/c1-7-4-10(14)9(13)5-11(7)15-12(16)8-2-3-17-6-8/h2-6H,1H3,(H,15,16). The molecule has 0 saturated heterocycles. The van der Waals surface area contributed by atoms with E-state index in [9.17, 15) is 9.18 Å². The number of thiophene rings is 1. The van der Waals surface area contributed by atoms with Gasteiger partial charge in [0, 0.05) is 11.1 Å². The van der Waals surface area contributed by atoms with Gasteiger partial charge in [0.2, 0.25) is 0 Å². The molecule has 0 aliphatic heterocycles. The molecule has 1 N–H and O–H groups in total. The maximum Gasteiger partial charge on any atom is 0.256 e. The molecule has 0 saturated carbocycles. The fourth-order valence-electron chi connectivity index (χ4n) is 1.37. The molecule has 5 heteroatoms. The highest BCUT2D eigenvalue weighted by atomic mass is 79.9. The molecule has 2 rings (SSSR count). The smallest absolute Gasteiger partial charge is 0.256 e. The zero-order valence-electron chi connectivity index (χ0n) is 8.96. The first-order chi connectivity index (χ1) is 8.08. The fourth-order valence-corrected chi connectivity index (χ4v) is 2.35. The minimum absolute atomic E-state index is 0.187. The van der Waals surface area contributed by atoms with E-state index >= 15 is 0 Å². The van der Waals surface area contributed by atoms with Gasteiger partial charge in [0.05, 0.1) is 10.0 Å². The van der Waals surface area contributed by atoms with Crippen molar-refractivity contribution in [2.24, 2.45) is 0 Å². The summed E-state index contributed by atoms with van der Waals surface area (Å²) in [5.41, 5.74) is 1.90. The Balaban J connectivity index is 2.25. The van der Waals surface area contributed by atoms with Crippen LogP contribution in [0.15, 0.2) is 33.4 Å². The average Bonchev–Trinajstić information content (AvgIpc) is 2.79. The number of benzene rings is 1. The van der Waals surface area contributed by atoms with Crippen molar-refractivity contribution in [3.63, 3.8) is 0 Å². The molecule has 2 nitrogen and oxygen atoms in total. The second kappa shape index (κ2) is 4.98. The number of amides is 1. The third kappa shape index (κ3) is 2.73. The highest BCUT2D eigenvalue weighted by Crippen LogP contribution is 2.24. The molecule has 0 aliphatic rings. The predicted octanol–water partition coefficient (Wildman–Crippen LogP) is 4.21. The molecule has 0 fully saturated rings. The van der Waals surface area contributed by atoms with Gasteiger partial charge < -0.3 is 5.32 Å². The van der Waals surface area contributed by atoms with Gasteiger partial charge in [0.1, 0.15) is 5.82 Å². The lowest BCUT2D eigenvalue weighted by atomic mass is 10.2. The van der Waals surface area contributed by atoms with Crippen molar-refractivity contribution in [2.45, 2.75) is 6.92 Å². The van der Waals surface area contributed by atoms with Gasteiger partial charge in [-0.15, -0.1) is 0 Å². The third-order valence-corrected chi connectivity index (χ3v) is 3.59. The largest absolute Gasteiger partial charge is 0.322 e. The molecule has 1 aromatic carbocycles. The number of carbonyl (C=O) groups is 1. The summed E-state index contributed by atoms with van der Waals surface area (Å²) in [5.74, 6) is -0.524. The lowest BCUT2D eigenvalue weighted by Gasteiger charge is -2.08. The average molecular weight is 314 g/mol. The first-order valence-electron chi connectivity index (χ1n) is 4.87. The van der Waals surface area contributed by atoms with E-state index in [1.807, 2.05) is 5.38 Å². The fraction of sp³-hybridized carbons (Fsp3) is 0.0833. The van der Waals surface area contributed by atoms with Gasteiger partial charge in [-0.25, -0.2) is 4.39 Å². The summed E-state index contributed by atoms with van der Waals surface area (Å²) in [5, 5.41) is 6.35. The Kier molecular flexibility index (Phi) is 3.59. The Labute approximate surface area is 111 Å². The van der Waals surface area contributed by atoms with E-state index in [0.717, 1.165) is 0 Å². The summed E-state index contributed by atoms with van der Waals surface area (Å²) in [6.45, 7) is 1.75. The van der Waals surface area contributed by atoms with Crippen LogP contribution in [0.4, 0.5) is 10.1 Å². The van der Waals surface area contributed by atoms with Crippen LogP contribution in [0, 0.1) is 12.7 Å². The van der Waals surface area contributed by atoms with E-state index in [0.29, 0.717) is 21.3 Å². The maximum atomic E-state index is 13.2. The zero-order valence-corrected chi connectivity index (χ0v) is 11.4. The van der Waals surface area contributed by atoms with Crippen molar-refractivity contribution in [2.75, 3.05) is 5.32 Å². The molecule has 1 aromatic heterocycles. The molecule has 0 spiro atoms. The third-order valence-electron chi connectivity index (χ3n) is 2.30. The van der Waals surface area contributed by atoms with Crippen LogP contribution in [-0.2, 0) is 0 Å². The van der Waals surface area contributed by atoms with E-state index in [2.05, 4.69) is 21.2 Å². The van der Waals surface area contributed by atoms with Crippen LogP contribution in [-0.4, -0.2) is 5.91 Å². The summed E-state index contributed by atoms with van der Waals surface area (Å²) in [4.78, 5) is 11.8. The summed E-state index contributed by atoms with van der Waals surface area (Å²) < 4.78 is 13.5. The van der Waals surface area contributed by atoms with Crippen molar-refractivity contribution in [1.82, 2.24) is 0 Å². The van der Waals surface area contributed by atoms with Crippen LogP contribution in [0.25, 0.3) is 0 Å². The number of hydrogen-bond donors (Lipinski definition) is 1. The van der Waals surface area contributed by atoms with Gasteiger partial charge in [-0.3, -0.25) is 4.79 Å². The van der Waals surface area contributed by atoms with Crippen LogP contribution in [0.5, 0.6) is 0 Å². The van der Waals surface area contributed by atoms with Crippen LogP contribution in [0.2, 0.25) is 0 Å². The number of carbonyl (C=O) groups excluding carboxylic acids is 1. The van der Waals surface area contributed by atoms with Gasteiger partial charge in [0.25, 0.3) is 5.91 Å². The molecule has 1 heterocycles. The normalized spacial score (nSPS) is 10.3. The molecule has 0 unspecified atom stereocenters. The maximum absolute atomic E-state index is 13.2. The van der Waals surface area contributed by atoms with Gasteiger partial charge in [-0.05, 0) is 52.0 Å². The summed E-state index contributed by atoms with van der Waals surface area (Å²) >= 11 is 4.55. The van der Waals surface area contributed by atoms with Crippen LogP contribution in [0.1, 0.15) is 15.9 Å². The topological polar surface area (TPSA) is 29.1 Å². The predicted molar refractivity (Wildman–Crippen MR) is 71.1 cm³/mol. The number of rotatable bonds is 2. The SMILES string of the molecule is Cc1cc(F)c(Br)cc1NC(=O)c1ccsc1. The first kappa shape index (κ1) is 12.3. The van der Waals surface area contributed by atoms with Crippen LogP contribution in [0.3, 0.4) is 0 Å². The van der Waals surface area contributed by atoms with E-state index in [4.69, 9.17) is 0 Å². The quantitative estimate of drug-likeness (QED) is 0.884. The minimum Gasteiger partial charge on any atom is -0.322 e. The highest BCUT2D eigenvalue weighted by Gasteiger charge is 2.10. The zero-order chi connectivity index (χ0) is 12.4. The van der Waals surface area contributed by atoms with Crippen molar-refractivity contribution >= 4 is 38.9 Å². The molecule has 17 heavy (non-hydrogen) atoms. The minimum atomic E-state index is -0.337. The number of halogens is 2. The second-order valence-electron chi connectivity index (χ2n) is 3.55. The Hall–Kier alpha value is -1.20. The molecular formula is C12H9BrFNOS. The summed E-state index contributed by atoms with van der Waals surface area (Å²) in [7, 11) is 0. The molecule has 88 valence electrons. The number of anilines is 1. The number of aryl methyl sites for hydroxylation is 1. The lowest BCUT2D eigenvalue weighted by molar-refractivity contribution is 0.102. The Morgan fingerprint density at radius 2 is 2.24 bits per heavy atom. The molecule has 0 aliphatic carbocycles. The van der Waals surface area contributed by atoms with Gasteiger partial charge >= 0.3 is 0 Å². The van der Waals surface area contributed by atoms with Crippen molar-refractivity contribution in [1.29, 1.82) is 0 Å². The molecular weight excluding hydrogens is 305 g/mol. The van der Waals surface area contributed by atoms with Gasteiger partial charge in [0.15, 0.2) is 0 Å². The summed E-state index contributed by atoms with van der Waals surface area (Å²) in [6.07, 6.45) is 0. The van der Waals surface area contributed by atoms with Crippen molar-refractivity contribution < 1.29 is 9.18 Å². The number of nitrogens with one attached hydrogen (secondary N) is 1. The van der Waals surface area contributed by atoms with Crippen molar-refractivity contribution in [3.8, 4) is 0 Å². The molecule has 1 amide bonds. The molecule has 0 atom stereocenters. The summed E-state index contributed by atoms with van der Waals surface area (Å²) in [6, 6.07) is 4.69. The van der Waals surface area contributed by atoms with Crippen LogP contribution < -0.4 is 5.32 Å². The van der Waals surface area contributed by atoms with Crippen molar-refractivity contribution in [3.05, 3.63) is 50.4 Å². The molecule has 2 aromatic rings. The molecule has 0 bridgehead atoms. The first-order valence-corrected chi connectivity index (χ1v) is 6.60. The molecule has 0 radical (unpaired) electrons. The number of hydrogen-bond acceptors (Lipinski definition) is 2. The van der Waals surface area contributed by atoms with E-state index in [-0.39, 0.29) is 11.7 Å².